The Morgan fingerprint density at radius 1 is 1.28 bits per heavy atom. The third-order valence-electron chi connectivity index (χ3n) is 4.15. The summed E-state index contributed by atoms with van der Waals surface area (Å²) in [5.74, 6) is 1.21. The van der Waals surface area contributed by atoms with E-state index in [0.717, 1.165) is 35.0 Å². The number of guanidine groups is 1. The van der Waals surface area contributed by atoms with Crippen molar-refractivity contribution in [2.24, 2.45) is 4.99 Å². The number of aromatic nitrogens is 2. The van der Waals surface area contributed by atoms with E-state index in [9.17, 15) is 4.79 Å². The number of esters is 1. The number of hydrogen-bond donors (Lipinski definition) is 2. The third-order valence-corrected chi connectivity index (χ3v) is 5.47. The average molecular weight is 535 g/mol. The van der Waals surface area contributed by atoms with Gasteiger partial charge in [-0.15, -0.1) is 35.3 Å². The number of rotatable bonds is 8. The fraction of sp³-hybridized carbons (Fsp3) is 0.579. The number of hydrogen-bond acceptors (Lipinski definition) is 7. The molecule has 0 amide bonds. The molecule has 0 spiro atoms. The molecule has 0 aliphatic heterocycles. The van der Waals surface area contributed by atoms with Crippen molar-refractivity contribution in [3.05, 3.63) is 32.6 Å². The summed E-state index contributed by atoms with van der Waals surface area (Å²) in [5, 5.41) is 11.4. The van der Waals surface area contributed by atoms with Crippen molar-refractivity contribution in [1.82, 2.24) is 20.8 Å². The minimum absolute atomic E-state index is 0. The molecule has 8 nitrogen and oxygen atoms in total. The first-order valence-electron chi connectivity index (χ1n) is 9.48. The largest absolute Gasteiger partial charge is 0.462 e. The van der Waals surface area contributed by atoms with Crippen LogP contribution >= 0.6 is 35.3 Å². The molecule has 0 radical (unpaired) electrons. The predicted octanol–water partition coefficient (Wildman–Crippen LogP) is 3.71. The number of nitrogens with one attached hydrogen (secondary N) is 2. The Balaban J connectivity index is 0.00000420. The SMILES string of the molecule is CCNC(=NCCc1c(C)noc1C)NC(C)c1nc(C)c(C(=O)OCC)s1.I. The first-order chi connectivity index (χ1) is 13.4. The van der Waals surface area contributed by atoms with Crippen molar-refractivity contribution in [3.8, 4) is 0 Å². The van der Waals surface area contributed by atoms with Gasteiger partial charge in [0, 0.05) is 18.7 Å². The second-order valence-electron chi connectivity index (χ2n) is 6.37. The maximum Gasteiger partial charge on any atom is 0.350 e. The van der Waals surface area contributed by atoms with Gasteiger partial charge in [0.1, 0.15) is 15.6 Å². The van der Waals surface area contributed by atoms with Crippen molar-refractivity contribution in [1.29, 1.82) is 0 Å². The summed E-state index contributed by atoms with van der Waals surface area (Å²) >= 11 is 1.35. The van der Waals surface area contributed by atoms with E-state index in [0.29, 0.717) is 29.7 Å². The topological polar surface area (TPSA) is 102 Å². The smallest absolute Gasteiger partial charge is 0.350 e. The van der Waals surface area contributed by atoms with E-state index >= 15 is 0 Å². The number of carbonyl (C=O) groups is 1. The second kappa shape index (κ2) is 12.1. The first-order valence-corrected chi connectivity index (χ1v) is 10.3. The van der Waals surface area contributed by atoms with Crippen LogP contribution in [-0.2, 0) is 11.2 Å². The van der Waals surface area contributed by atoms with Gasteiger partial charge in [0.25, 0.3) is 0 Å². The highest BCUT2D eigenvalue weighted by atomic mass is 127. The lowest BCUT2D eigenvalue weighted by Gasteiger charge is -2.16. The van der Waals surface area contributed by atoms with Crippen LogP contribution in [0.15, 0.2) is 9.52 Å². The van der Waals surface area contributed by atoms with Gasteiger partial charge in [-0.1, -0.05) is 5.16 Å². The van der Waals surface area contributed by atoms with Gasteiger partial charge in [-0.2, -0.15) is 0 Å². The minimum atomic E-state index is -0.323. The molecule has 0 aliphatic carbocycles. The summed E-state index contributed by atoms with van der Waals surface area (Å²) in [5.41, 5.74) is 2.69. The summed E-state index contributed by atoms with van der Waals surface area (Å²) < 4.78 is 10.3. The number of thiazole rings is 1. The molecule has 2 aromatic heterocycles. The van der Waals surface area contributed by atoms with Crippen molar-refractivity contribution in [2.75, 3.05) is 19.7 Å². The number of nitrogens with zero attached hydrogens (tertiary/aromatic N) is 3. The van der Waals surface area contributed by atoms with Crippen LogP contribution in [0.5, 0.6) is 0 Å². The summed E-state index contributed by atoms with van der Waals surface area (Å²) in [4.78, 5) is 21.7. The standard InChI is InChI=1S/C19H29N5O3S.HI/c1-7-20-19(21-10-9-15-11(3)24-27-14(15)6)23-13(5)17-22-12(4)16(28-17)18(25)26-8-2;/h13H,7-10H2,1-6H3,(H2,20,21,23);1H. The average Bonchev–Trinajstić information content (AvgIpc) is 3.19. The number of aliphatic imine (C=N–C) groups is 1. The first kappa shape index (κ1) is 25.3. The van der Waals surface area contributed by atoms with Gasteiger partial charge in [-0.05, 0) is 48.0 Å². The number of carbonyl (C=O) groups excluding carboxylic acids is 1. The molecule has 0 aromatic carbocycles. The van der Waals surface area contributed by atoms with Crippen LogP contribution in [0.25, 0.3) is 0 Å². The van der Waals surface area contributed by atoms with E-state index in [1.54, 1.807) is 6.92 Å². The van der Waals surface area contributed by atoms with Crippen molar-refractivity contribution in [3.63, 3.8) is 0 Å². The third kappa shape index (κ3) is 6.95. The predicted molar refractivity (Wildman–Crippen MR) is 125 cm³/mol. The van der Waals surface area contributed by atoms with Crippen LogP contribution in [0.2, 0.25) is 0 Å². The number of ether oxygens (including phenoxy) is 1. The number of aryl methyl sites for hydroxylation is 3. The molecule has 2 N–H and O–H groups in total. The Morgan fingerprint density at radius 2 is 2.00 bits per heavy atom. The molecule has 0 bridgehead atoms. The maximum atomic E-state index is 12.0. The summed E-state index contributed by atoms with van der Waals surface area (Å²) in [7, 11) is 0. The van der Waals surface area contributed by atoms with Crippen LogP contribution < -0.4 is 10.6 Å². The molecule has 0 saturated heterocycles. The Hall–Kier alpha value is -1.69. The monoisotopic (exact) mass is 535 g/mol. The second-order valence-corrected chi connectivity index (χ2v) is 7.40. The van der Waals surface area contributed by atoms with E-state index in [-0.39, 0.29) is 36.0 Å². The lowest BCUT2D eigenvalue weighted by molar-refractivity contribution is 0.0531. The highest BCUT2D eigenvalue weighted by Gasteiger charge is 2.20. The van der Waals surface area contributed by atoms with Gasteiger partial charge in [0.2, 0.25) is 0 Å². The maximum absolute atomic E-state index is 12.0. The van der Waals surface area contributed by atoms with Crippen LogP contribution in [0.3, 0.4) is 0 Å². The molecule has 2 aromatic rings. The summed E-state index contributed by atoms with van der Waals surface area (Å²) in [6, 6.07) is -0.0938. The van der Waals surface area contributed by atoms with Crippen molar-refractivity contribution >= 4 is 47.2 Å². The Kier molecular flexibility index (Phi) is 10.6. The quantitative estimate of drug-likeness (QED) is 0.230. The van der Waals surface area contributed by atoms with Crippen LogP contribution in [0.4, 0.5) is 0 Å². The van der Waals surface area contributed by atoms with Crippen molar-refractivity contribution < 1.29 is 14.1 Å². The lowest BCUT2D eigenvalue weighted by Crippen LogP contribution is -2.38. The van der Waals surface area contributed by atoms with Gasteiger partial charge < -0.3 is 19.9 Å². The van der Waals surface area contributed by atoms with E-state index in [2.05, 4.69) is 25.8 Å². The molecule has 162 valence electrons. The zero-order chi connectivity index (χ0) is 20.7. The zero-order valence-electron chi connectivity index (χ0n) is 17.8. The van der Waals surface area contributed by atoms with E-state index in [1.165, 1.54) is 11.3 Å². The molecule has 0 saturated carbocycles. The van der Waals surface area contributed by atoms with Crippen molar-refractivity contribution in [2.45, 2.75) is 54.0 Å². The summed E-state index contributed by atoms with van der Waals surface area (Å²) in [6.07, 6.45) is 0.759. The fourth-order valence-electron chi connectivity index (χ4n) is 2.71. The van der Waals surface area contributed by atoms with Gasteiger partial charge in [0.15, 0.2) is 5.96 Å². The van der Waals surface area contributed by atoms with Gasteiger partial charge in [-0.3, -0.25) is 4.99 Å². The molecule has 1 atom stereocenters. The molecular formula is C19H30IN5O3S. The van der Waals surface area contributed by atoms with Gasteiger partial charge >= 0.3 is 5.97 Å². The highest BCUT2D eigenvalue weighted by molar-refractivity contribution is 14.0. The fourth-order valence-corrected chi connectivity index (χ4v) is 3.68. The van der Waals surface area contributed by atoms with Gasteiger partial charge in [-0.25, -0.2) is 9.78 Å². The Labute approximate surface area is 192 Å². The van der Waals surface area contributed by atoms with Crippen LogP contribution in [0.1, 0.15) is 64.2 Å². The van der Waals surface area contributed by atoms with Crippen LogP contribution in [-0.4, -0.2) is 41.8 Å². The molecule has 0 aliphatic rings. The molecule has 29 heavy (non-hydrogen) atoms. The van der Waals surface area contributed by atoms with E-state index < -0.39 is 0 Å². The molecule has 10 heteroatoms. The van der Waals surface area contributed by atoms with E-state index in [1.807, 2.05) is 34.6 Å². The highest BCUT2D eigenvalue weighted by Crippen LogP contribution is 2.24. The van der Waals surface area contributed by atoms with E-state index in [4.69, 9.17) is 9.26 Å². The van der Waals surface area contributed by atoms with Crippen LogP contribution in [0, 0.1) is 20.8 Å². The normalized spacial score (nSPS) is 12.3. The number of halogens is 1. The zero-order valence-corrected chi connectivity index (χ0v) is 20.9. The molecule has 2 heterocycles. The lowest BCUT2D eigenvalue weighted by atomic mass is 10.1. The molecule has 1 unspecified atom stereocenters. The summed E-state index contributed by atoms with van der Waals surface area (Å²) in [6.45, 7) is 13.2. The molecule has 2 rings (SSSR count). The minimum Gasteiger partial charge on any atom is -0.462 e. The Morgan fingerprint density at radius 3 is 2.59 bits per heavy atom. The Bertz CT molecular complexity index is 814. The molecular weight excluding hydrogens is 505 g/mol. The molecule has 0 fully saturated rings. The van der Waals surface area contributed by atoms with Gasteiger partial charge in [0.05, 0.1) is 24.0 Å².